The van der Waals surface area contributed by atoms with Crippen LogP contribution < -0.4 is 10.2 Å². The zero-order valence-electron chi connectivity index (χ0n) is 13.4. The second-order valence-electron chi connectivity index (χ2n) is 6.25. The first-order valence-electron chi connectivity index (χ1n) is 7.72. The number of benzene rings is 2. The molecule has 1 N–H and O–H groups in total. The molecule has 0 fully saturated rings. The van der Waals surface area contributed by atoms with Crippen LogP contribution in [-0.4, -0.2) is 12.6 Å². The number of rotatable bonds is 2. The standard InChI is InChI=1S/C19H24N2/c1-13-9-14(2)17(15(3)10-13)12-21-16(4)11-20-18-7-5-6-8-19(18)21/h5-10,16,20H,11-12H2,1-4H3. The molecule has 0 saturated carbocycles. The van der Waals surface area contributed by atoms with E-state index in [1.54, 1.807) is 0 Å². The van der Waals surface area contributed by atoms with Gasteiger partial charge < -0.3 is 10.2 Å². The normalized spacial score (nSPS) is 17.3. The molecule has 3 rings (SSSR count). The molecule has 21 heavy (non-hydrogen) atoms. The molecule has 0 aliphatic carbocycles. The Hall–Kier alpha value is -1.96. The van der Waals surface area contributed by atoms with E-state index in [1.807, 2.05) is 0 Å². The van der Waals surface area contributed by atoms with Crippen molar-refractivity contribution in [2.24, 2.45) is 0 Å². The molecule has 0 saturated heterocycles. The van der Waals surface area contributed by atoms with Gasteiger partial charge in [-0.25, -0.2) is 0 Å². The molecule has 0 radical (unpaired) electrons. The molecule has 2 aromatic carbocycles. The van der Waals surface area contributed by atoms with Crippen molar-refractivity contribution in [2.45, 2.75) is 40.3 Å². The van der Waals surface area contributed by atoms with Crippen molar-refractivity contribution in [3.63, 3.8) is 0 Å². The fraction of sp³-hybridized carbons (Fsp3) is 0.368. The quantitative estimate of drug-likeness (QED) is 0.875. The predicted octanol–water partition coefficient (Wildman–Crippen LogP) is 4.43. The summed E-state index contributed by atoms with van der Waals surface area (Å²) in [6.07, 6.45) is 0. The number of aryl methyl sites for hydroxylation is 3. The lowest BCUT2D eigenvalue weighted by Gasteiger charge is -2.38. The van der Waals surface area contributed by atoms with Gasteiger partial charge in [0.05, 0.1) is 11.4 Å². The largest absolute Gasteiger partial charge is 0.381 e. The molecule has 2 nitrogen and oxygen atoms in total. The molecule has 1 unspecified atom stereocenters. The van der Waals surface area contributed by atoms with Crippen LogP contribution in [0.2, 0.25) is 0 Å². The Balaban J connectivity index is 1.98. The first-order valence-corrected chi connectivity index (χ1v) is 7.72. The first-order chi connectivity index (χ1) is 10.1. The molecular weight excluding hydrogens is 256 g/mol. The number of hydrogen-bond acceptors (Lipinski definition) is 2. The van der Waals surface area contributed by atoms with Gasteiger partial charge >= 0.3 is 0 Å². The predicted molar refractivity (Wildman–Crippen MR) is 91.2 cm³/mol. The zero-order valence-corrected chi connectivity index (χ0v) is 13.4. The minimum Gasteiger partial charge on any atom is -0.381 e. The average molecular weight is 280 g/mol. The van der Waals surface area contributed by atoms with E-state index in [2.05, 4.69) is 74.3 Å². The third-order valence-corrected chi connectivity index (χ3v) is 4.50. The highest BCUT2D eigenvalue weighted by Gasteiger charge is 2.23. The van der Waals surface area contributed by atoms with Gasteiger partial charge in [-0.3, -0.25) is 0 Å². The van der Waals surface area contributed by atoms with Gasteiger partial charge in [-0.05, 0) is 56.5 Å². The summed E-state index contributed by atoms with van der Waals surface area (Å²) in [5.41, 5.74) is 8.17. The Bertz CT molecular complexity index is 637. The minimum atomic E-state index is 0.500. The van der Waals surface area contributed by atoms with Crippen molar-refractivity contribution >= 4 is 11.4 Å². The van der Waals surface area contributed by atoms with Crippen LogP contribution in [0, 0.1) is 20.8 Å². The minimum absolute atomic E-state index is 0.500. The van der Waals surface area contributed by atoms with Crippen LogP contribution in [0.5, 0.6) is 0 Å². The van der Waals surface area contributed by atoms with Gasteiger partial charge in [0.15, 0.2) is 0 Å². The SMILES string of the molecule is Cc1cc(C)c(CN2c3ccccc3NCC2C)c(C)c1. The maximum absolute atomic E-state index is 3.52. The van der Waals surface area contributed by atoms with Crippen LogP contribution in [0.4, 0.5) is 11.4 Å². The van der Waals surface area contributed by atoms with Gasteiger partial charge in [-0.1, -0.05) is 29.8 Å². The number of para-hydroxylation sites is 2. The Kier molecular flexibility index (Phi) is 3.62. The molecule has 2 heteroatoms. The van der Waals surface area contributed by atoms with Gasteiger partial charge in [0.25, 0.3) is 0 Å². The third kappa shape index (κ3) is 2.63. The van der Waals surface area contributed by atoms with Crippen LogP contribution in [-0.2, 0) is 6.54 Å². The second kappa shape index (κ2) is 5.44. The van der Waals surface area contributed by atoms with E-state index in [4.69, 9.17) is 0 Å². The van der Waals surface area contributed by atoms with Crippen molar-refractivity contribution in [3.05, 3.63) is 58.7 Å². The first kappa shape index (κ1) is 14.0. The Labute approximate surface area is 127 Å². The summed E-state index contributed by atoms with van der Waals surface area (Å²) in [7, 11) is 0. The fourth-order valence-electron chi connectivity index (χ4n) is 3.35. The lowest BCUT2D eigenvalue weighted by molar-refractivity contribution is 0.639. The van der Waals surface area contributed by atoms with Crippen molar-refractivity contribution in [3.8, 4) is 0 Å². The highest BCUT2D eigenvalue weighted by atomic mass is 15.2. The van der Waals surface area contributed by atoms with Gasteiger partial charge in [0, 0.05) is 19.1 Å². The number of fused-ring (bicyclic) bond motifs is 1. The summed E-state index contributed by atoms with van der Waals surface area (Å²) < 4.78 is 0. The molecule has 2 aromatic rings. The lowest BCUT2D eigenvalue weighted by atomic mass is 9.98. The van der Waals surface area contributed by atoms with Gasteiger partial charge in [0.2, 0.25) is 0 Å². The second-order valence-corrected chi connectivity index (χ2v) is 6.25. The van der Waals surface area contributed by atoms with Crippen LogP contribution in [0.15, 0.2) is 36.4 Å². The summed E-state index contributed by atoms with van der Waals surface area (Å²) in [6.45, 7) is 10.9. The number of anilines is 2. The van der Waals surface area contributed by atoms with Gasteiger partial charge in [0.1, 0.15) is 0 Å². The van der Waals surface area contributed by atoms with E-state index in [1.165, 1.54) is 33.6 Å². The van der Waals surface area contributed by atoms with Crippen LogP contribution in [0.25, 0.3) is 0 Å². The molecule has 1 aliphatic heterocycles. The van der Waals surface area contributed by atoms with Gasteiger partial charge in [-0.15, -0.1) is 0 Å². The molecule has 0 amide bonds. The van der Waals surface area contributed by atoms with Crippen LogP contribution in [0.3, 0.4) is 0 Å². The molecule has 0 spiro atoms. The number of hydrogen-bond donors (Lipinski definition) is 1. The van der Waals surface area contributed by atoms with Gasteiger partial charge in [-0.2, -0.15) is 0 Å². The van der Waals surface area contributed by atoms with E-state index in [0.717, 1.165) is 13.1 Å². The van der Waals surface area contributed by atoms with E-state index >= 15 is 0 Å². The molecule has 1 aliphatic rings. The average Bonchev–Trinajstić information content (AvgIpc) is 2.44. The molecule has 1 heterocycles. The Morgan fingerprint density at radius 2 is 1.76 bits per heavy atom. The molecule has 1 atom stereocenters. The highest BCUT2D eigenvalue weighted by Crippen LogP contribution is 2.33. The number of nitrogens with zero attached hydrogens (tertiary/aromatic N) is 1. The molecule has 0 aromatic heterocycles. The van der Waals surface area contributed by atoms with Crippen molar-refractivity contribution in [2.75, 3.05) is 16.8 Å². The number of nitrogens with one attached hydrogen (secondary N) is 1. The summed E-state index contributed by atoms with van der Waals surface area (Å²) in [5, 5.41) is 3.52. The van der Waals surface area contributed by atoms with E-state index in [9.17, 15) is 0 Å². The zero-order chi connectivity index (χ0) is 15.0. The Morgan fingerprint density at radius 1 is 1.10 bits per heavy atom. The summed E-state index contributed by atoms with van der Waals surface area (Å²) >= 11 is 0. The van der Waals surface area contributed by atoms with E-state index in [-0.39, 0.29) is 0 Å². The smallest absolute Gasteiger partial charge is 0.0608 e. The summed E-state index contributed by atoms with van der Waals surface area (Å²) in [6, 6.07) is 13.7. The Morgan fingerprint density at radius 3 is 2.48 bits per heavy atom. The monoisotopic (exact) mass is 280 g/mol. The van der Waals surface area contributed by atoms with E-state index < -0.39 is 0 Å². The highest BCUT2D eigenvalue weighted by molar-refractivity contribution is 5.72. The van der Waals surface area contributed by atoms with Crippen LogP contribution >= 0.6 is 0 Å². The van der Waals surface area contributed by atoms with Crippen molar-refractivity contribution < 1.29 is 0 Å². The van der Waals surface area contributed by atoms with E-state index in [0.29, 0.717) is 6.04 Å². The van der Waals surface area contributed by atoms with Crippen LogP contribution in [0.1, 0.15) is 29.2 Å². The molecular formula is C19H24N2. The maximum Gasteiger partial charge on any atom is 0.0608 e. The molecule has 0 bridgehead atoms. The fourth-order valence-corrected chi connectivity index (χ4v) is 3.35. The van der Waals surface area contributed by atoms with Crippen molar-refractivity contribution in [1.82, 2.24) is 0 Å². The summed E-state index contributed by atoms with van der Waals surface area (Å²) in [5.74, 6) is 0. The van der Waals surface area contributed by atoms with Crippen molar-refractivity contribution in [1.29, 1.82) is 0 Å². The third-order valence-electron chi connectivity index (χ3n) is 4.50. The lowest BCUT2D eigenvalue weighted by Crippen LogP contribution is -2.41. The summed E-state index contributed by atoms with van der Waals surface area (Å²) in [4.78, 5) is 2.52. The molecule has 110 valence electrons. The topological polar surface area (TPSA) is 15.3 Å². The maximum atomic E-state index is 3.52.